The second-order valence-electron chi connectivity index (χ2n) is 1.23. The Morgan fingerprint density at radius 1 is 1.00 bits per heavy atom. The Bertz CT molecular complexity index is 320. The number of rotatable bonds is 3. The van der Waals surface area contributed by atoms with Crippen LogP contribution in [0.4, 0.5) is 0 Å². The van der Waals surface area contributed by atoms with Crippen molar-refractivity contribution >= 4 is 20.8 Å². The highest BCUT2D eigenvalue weighted by molar-refractivity contribution is 7.83. The lowest BCUT2D eigenvalue weighted by molar-refractivity contribution is -0.742. The third-order valence-electron chi connectivity index (χ3n) is 0.200. The number of hydrogen-bond acceptors (Lipinski definition) is 8. The molecule has 14 heteroatoms. The summed E-state index contributed by atoms with van der Waals surface area (Å²) in [5.74, 6) is 0. The zero-order chi connectivity index (χ0) is 12.0. The van der Waals surface area contributed by atoms with Crippen LogP contribution in [0.15, 0.2) is 0 Å². The quantitative estimate of drug-likeness (QED) is 0.223. The first-order valence-electron chi connectivity index (χ1n) is 2.10. The van der Waals surface area contributed by atoms with Gasteiger partial charge in [-0.05, 0) is 0 Å². The monoisotopic (exact) mass is 257 g/mol. The minimum absolute atomic E-state index is 1.50. The van der Waals surface area contributed by atoms with Crippen molar-refractivity contribution in [1.82, 2.24) is 0 Å². The molecule has 0 aromatic heterocycles. The van der Waals surface area contributed by atoms with Crippen molar-refractivity contribution in [3.05, 3.63) is 10.1 Å². The summed E-state index contributed by atoms with van der Waals surface area (Å²) < 4.78 is 58.9. The van der Waals surface area contributed by atoms with Crippen LogP contribution in [0.2, 0.25) is 0 Å². The molecule has 0 saturated carbocycles. The largest absolute Gasteiger partial charge is 0.425 e. The molecule has 0 aliphatic heterocycles. The van der Waals surface area contributed by atoms with E-state index in [1.807, 2.05) is 0 Å². The molecule has 0 spiro atoms. The molecule has 12 nitrogen and oxygen atoms in total. The number of nitrogens with zero attached hydrogens (tertiary/aromatic N) is 1. The first-order chi connectivity index (χ1) is 5.94. The minimum atomic E-state index is -5.02. The zero-order valence-corrected chi connectivity index (χ0v) is 7.50. The molecule has 0 saturated heterocycles. The van der Waals surface area contributed by atoms with Crippen molar-refractivity contribution in [2.75, 3.05) is 0 Å². The molecule has 0 aliphatic carbocycles. The Labute approximate surface area is 76.6 Å². The van der Waals surface area contributed by atoms with Crippen LogP contribution in [0.1, 0.15) is 0 Å². The van der Waals surface area contributed by atoms with E-state index in [0.717, 1.165) is 0 Å². The van der Waals surface area contributed by atoms with Crippen LogP contribution >= 0.6 is 0 Å². The van der Waals surface area contributed by atoms with E-state index in [0.29, 0.717) is 0 Å². The predicted octanol–water partition coefficient (Wildman–Crippen LogP) is -1.81. The molecule has 0 atom stereocenters. The first-order valence-corrected chi connectivity index (χ1v) is 4.83. The van der Waals surface area contributed by atoms with E-state index in [4.69, 9.17) is 24.4 Å². The van der Waals surface area contributed by atoms with Gasteiger partial charge in [-0.15, -0.1) is 10.1 Å². The topological polar surface area (TPSA) is 191 Å². The van der Waals surface area contributed by atoms with Crippen LogP contribution in [0.5, 0.6) is 0 Å². The van der Waals surface area contributed by atoms with Crippen LogP contribution in [0, 0.1) is 10.1 Å². The Hall–Kier alpha value is -1.06. The van der Waals surface area contributed by atoms with E-state index in [2.05, 4.69) is 8.67 Å². The summed E-state index contributed by atoms with van der Waals surface area (Å²) in [4.78, 5) is 8.36. The lowest BCUT2D eigenvalue weighted by atomic mass is 13.1. The van der Waals surface area contributed by atoms with Crippen molar-refractivity contribution in [3.63, 3.8) is 0 Å². The standard InChI is InChI=1S/HNO3.H2O8S2/c2-1(3)4;1-9(2,3)7-8-10(4,5)6/h(H,2,3,4);(H,1,2,3)(H,4,5,6). The van der Waals surface area contributed by atoms with Crippen molar-refractivity contribution in [3.8, 4) is 0 Å². The highest BCUT2D eigenvalue weighted by Gasteiger charge is 2.13. The molecule has 86 valence electrons. The molecular formula is H3NO11S2. The van der Waals surface area contributed by atoms with Gasteiger partial charge >= 0.3 is 20.8 Å². The van der Waals surface area contributed by atoms with Crippen molar-refractivity contribution < 1.29 is 44.9 Å². The molecule has 0 aromatic carbocycles. The van der Waals surface area contributed by atoms with Gasteiger partial charge in [0.1, 0.15) is 0 Å². The van der Waals surface area contributed by atoms with E-state index < -0.39 is 25.9 Å². The maximum absolute atomic E-state index is 9.51. The van der Waals surface area contributed by atoms with Gasteiger partial charge in [0.05, 0.1) is 0 Å². The Kier molecular flexibility index (Phi) is 6.19. The third kappa shape index (κ3) is 30.6. The summed E-state index contributed by atoms with van der Waals surface area (Å²) in [6.07, 6.45) is 0. The average molecular weight is 257 g/mol. The molecule has 0 unspecified atom stereocenters. The maximum Gasteiger partial charge on any atom is 0.425 e. The second kappa shape index (κ2) is 5.62. The van der Waals surface area contributed by atoms with Gasteiger partial charge in [-0.1, -0.05) is 8.67 Å². The molecule has 14 heavy (non-hydrogen) atoms. The smallest absolute Gasteiger partial charge is 0.328 e. The molecule has 0 radical (unpaired) electrons. The van der Waals surface area contributed by atoms with Crippen LogP contribution in [0.3, 0.4) is 0 Å². The average Bonchev–Trinajstić information content (AvgIpc) is 1.79. The highest BCUT2D eigenvalue weighted by Crippen LogP contribution is 1.92. The fourth-order valence-corrected chi connectivity index (χ4v) is 0.632. The molecule has 0 rings (SSSR count). The molecule has 0 heterocycles. The van der Waals surface area contributed by atoms with E-state index in [9.17, 15) is 16.8 Å². The van der Waals surface area contributed by atoms with E-state index in [1.165, 1.54) is 0 Å². The van der Waals surface area contributed by atoms with Gasteiger partial charge in [0.2, 0.25) is 0 Å². The van der Waals surface area contributed by atoms with E-state index >= 15 is 0 Å². The fraction of sp³-hybridized carbons (Fsp3) is 0. The minimum Gasteiger partial charge on any atom is -0.328 e. The molecule has 0 bridgehead atoms. The Morgan fingerprint density at radius 3 is 1.21 bits per heavy atom. The summed E-state index contributed by atoms with van der Waals surface area (Å²) in [6.45, 7) is 0. The molecular weight excluding hydrogens is 254 g/mol. The van der Waals surface area contributed by atoms with Crippen molar-refractivity contribution in [2.24, 2.45) is 0 Å². The van der Waals surface area contributed by atoms with Crippen LogP contribution in [-0.4, -0.2) is 36.2 Å². The van der Waals surface area contributed by atoms with Gasteiger partial charge in [-0.25, -0.2) is 0 Å². The molecule has 0 amide bonds. The second-order valence-corrected chi connectivity index (χ2v) is 3.21. The van der Waals surface area contributed by atoms with Gasteiger partial charge in [0, 0.05) is 0 Å². The molecule has 0 aromatic rings. The zero-order valence-electron chi connectivity index (χ0n) is 5.87. The van der Waals surface area contributed by atoms with E-state index in [-0.39, 0.29) is 0 Å². The summed E-state index contributed by atoms with van der Waals surface area (Å²) in [6, 6.07) is 0. The fourth-order valence-electron chi connectivity index (χ4n) is 0.0702. The lowest BCUT2D eigenvalue weighted by Gasteiger charge is -1.92. The predicted molar refractivity (Wildman–Crippen MR) is 34.0 cm³/mol. The first kappa shape index (κ1) is 15.4. The normalized spacial score (nSPS) is 11.3. The SMILES string of the molecule is O=S(=O)(O)OOS(=O)(=O)O.O=[N+]([O-])O. The van der Waals surface area contributed by atoms with Gasteiger partial charge in [-0.3, -0.25) is 9.11 Å². The van der Waals surface area contributed by atoms with Gasteiger partial charge < -0.3 is 5.21 Å². The van der Waals surface area contributed by atoms with Crippen molar-refractivity contribution in [2.45, 2.75) is 0 Å². The van der Waals surface area contributed by atoms with Crippen molar-refractivity contribution in [1.29, 1.82) is 0 Å². The molecule has 0 fully saturated rings. The Morgan fingerprint density at radius 2 is 1.14 bits per heavy atom. The highest BCUT2D eigenvalue weighted by atomic mass is 32.3. The summed E-state index contributed by atoms with van der Waals surface area (Å²) in [7, 11) is -10.0. The maximum atomic E-state index is 9.51. The lowest BCUT2D eigenvalue weighted by Crippen LogP contribution is -2.10. The number of hydrogen-bond donors (Lipinski definition) is 3. The third-order valence-corrected chi connectivity index (χ3v) is 0.766. The summed E-state index contributed by atoms with van der Waals surface area (Å²) in [5, 5.41) is 13.6. The summed E-state index contributed by atoms with van der Waals surface area (Å²) in [5.41, 5.74) is 0. The van der Waals surface area contributed by atoms with Gasteiger partial charge in [0.15, 0.2) is 0 Å². The van der Waals surface area contributed by atoms with Crippen LogP contribution in [-0.2, 0) is 29.5 Å². The summed E-state index contributed by atoms with van der Waals surface area (Å²) >= 11 is 0. The van der Waals surface area contributed by atoms with Gasteiger partial charge in [-0.2, -0.15) is 16.8 Å². The van der Waals surface area contributed by atoms with Gasteiger partial charge in [0.25, 0.3) is 5.09 Å². The van der Waals surface area contributed by atoms with Crippen LogP contribution < -0.4 is 0 Å². The van der Waals surface area contributed by atoms with E-state index in [1.54, 1.807) is 0 Å². The Balaban J connectivity index is 0. The molecule has 0 aliphatic rings. The molecule has 3 N–H and O–H groups in total. The van der Waals surface area contributed by atoms with Crippen LogP contribution in [0.25, 0.3) is 0 Å².